The van der Waals surface area contributed by atoms with Crippen LogP contribution in [0.5, 0.6) is 0 Å². The minimum Gasteiger partial charge on any atom is -0.371 e. The molecular weight excluding hydrogens is 296 g/mol. The lowest BCUT2D eigenvalue weighted by atomic mass is 10.0. The van der Waals surface area contributed by atoms with E-state index in [1.54, 1.807) is 0 Å². The van der Waals surface area contributed by atoms with E-state index >= 15 is 0 Å². The predicted octanol–water partition coefficient (Wildman–Crippen LogP) is 3.74. The zero-order valence-corrected chi connectivity index (χ0v) is 14.3. The van der Waals surface area contributed by atoms with Gasteiger partial charge < -0.3 is 10.2 Å². The second kappa shape index (κ2) is 6.31. The maximum Gasteiger partial charge on any atom is 0.228 e. The maximum absolute atomic E-state index is 12.4. The summed E-state index contributed by atoms with van der Waals surface area (Å²) in [4.78, 5) is 14.8. The molecule has 3 nitrogen and oxygen atoms in total. The number of anilines is 2. The Labute approximate surface area is 143 Å². The van der Waals surface area contributed by atoms with Gasteiger partial charge in [0.1, 0.15) is 0 Å². The molecule has 0 saturated carbocycles. The van der Waals surface area contributed by atoms with Crippen LogP contribution in [-0.2, 0) is 30.5 Å². The first-order valence-corrected chi connectivity index (χ1v) is 9.01. The first-order chi connectivity index (χ1) is 11.7. The zero-order chi connectivity index (χ0) is 16.5. The van der Waals surface area contributed by atoms with Crippen LogP contribution in [-0.4, -0.2) is 19.0 Å². The lowest BCUT2D eigenvalue weighted by Gasteiger charge is -2.17. The second-order valence-corrected chi connectivity index (χ2v) is 6.85. The van der Waals surface area contributed by atoms with Crippen molar-refractivity contribution in [1.29, 1.82) is 0 Å². The first kappa shape index (κ1) is 15.3. The summed E-state index contributed by atoms with van der Waals surface area (Å²) >= 11 is 0. The highest BCUT2D eigenvalue weighted by Crippen LogP contribution is 2.30. The van der Waals surface area contributed by atoms with Crippen LogP contribution in [0.15, 0.2) is 36.4 Å². The quantitative estimate of drug-likeness (QED) is 0.931. The molecule has 3 heteroatoms. The minimum atomic E-state index is 0.0638. The number of rotatable bonds is 4. The highest BCUT2D eigenvalue weighted by Gasteiger charge is 2.18. The predicted molar refractivity (Wildman–Crippen MR) is 98.8 cm³/mol. The van der Waals surface area contributed by atoms with Gasteiger partial charge in [-0.1, -0.05) is 24.3 Å². The summed E-state index contributed by atoms with van der Waals surface area (Å²) in [5.74, 6) is 0.0638. The molecule has 0 saturated heterocycles. The van der Waals surface area contributed by atoms with Gasteiger partial charge in [0.15, 0.2) is 0 Å². The van der Waals surface area contributed by atoms with Crippen molar-refractivity contribution in [3.63, 3.8) is 0 Å². The third-order valence-electron chi connectivity index (χ3n) is 5.27. The Kier molecular flexibility index (Phi) is 4.01. The first-order valence-electron chi connectivity index (χ1n) is 9.01. The smallest absolute Gasteiger partial charge is 0.228 e. The van der Waals surface area contributed by atoms with E-state index in [-0.39, 0.29) is 5.91 Å². The Bertz CT molecular complexity index is 781. The summed E-state index contributed by atoms with van der Waals surface area (Å²) in [6.07, 6.45) is 5.13. The van der Waals surface area contributed by atoms with E-state index in [1.165, 1.54) is 35.2 Å². The third kappa shape index (κ3) is 2.91. The van der Waals surface area contributed by atoms with Crippen LogP contribution >= 0.6 is 0 Å². The van der Waals surface area contributed by atoms with E-state index in [9.17, 15) is 4.79 Å². The molecule has 2 aromatic carbocycles. The van der Waals surface area contributed by atoms with Gasteiger partial charge in [-0.3, -0.25) is 4.79 Å². The molecule has 1 N–H and O–H groups in total. The van der Waals surface area contributed by atoms with Gasteiger partial charge in [0.05, 0.1) is 6.42 Å². The number of carbonyl (C=O) groups is 1. The molecule has 0 fully saturated rings. The van der Waals surface area contributed by atoms with E-state index in [0.717, 1.165) is 37.2 Å². The largest absolute Gasteiger partial charge is 0.371 e. The van der Waals surface area contributed by atoms with Gasteiger partial charge >= 0.3 is 0 Å². The van der Waals surface area contributed by atoms with Gasteiger partial charge in [-0.2, -0.15) is 0 Å². The van der Waals surface area contributed by atoms with E-state index in [2.05, 4.69) is 47.5 Å². The molecule has 0 bridgehead atoms. The normalized spacial score (nSPS) is 15.3. The van der Waals surface area contributed by atoms with E-state index in [1.807, 2.05) is 6.07 Å². The van der Waals surface area contributed by atoms with Crippen molar-refractivity contribution in [2.45, 2.75) is 39.0 Å². The van der Waals surface area contributed by atoms with Crippen molar-refractivity contribution in [1.82, 2.24) is 0 Å². The molecule has 1 heterocycles. The van der Waals surface area contributed by atoms with Crippen molar-refractivity contribution >= 4 is 17.3 Å². The Morgan fingerprint density at radius 1 is 1.04 bits per heavy atom. The van der Waals surface area contributed by atoms with Crippen LogP contribution in [0.2, 0.25) is 0 Å². The van der Waals surface area contributed by atoms with Crippen LogP contribution in [0.25, 0.3) is 0 Å². The number of likely N-dealkylation sites (N-methyl/N-ethyl adjacent to an activating group) is 1. The van der Waals surface area contributed by atoms with Crippen molar-refractivity contribution in [3.05, 3.63) is 58.7 Å². The van der Waals surface area contributed by atoms with E-state index < -0.39 is 0 Å². The average Bonchev–Trinajstić information content (AvgIpc) is 3.20. The molecule has 0 unspecified atom stereocenters. The standard InChI is InChI=1S/C21H24N2O/c1-2-23-11-10-17-8-9-19(14-20(17)23)22-21(24)13-15-6-7-16-4-3-5-18(16)12-15/h6-9,12,14H,2-5,10-11,13H2,1H3,(H,22,24). The Hall–Kier alpha value is -2.29. The molecule has 2 aliphatic rings. The average molecular weight is 320 g/mol. The fourth-order valence-corrected chi connectivity index (χ4v) is 3.98. The molecule has 1 aliphatic heterocycles. The maximum atomic E-state index is 12.4. The van der Waals surface area contributed by atoms with Crippen LogP contribution in [0.1, 0.15) is 35.6 Å². The van der Waals surface area contributed by atoms with Gasteiger partial charge in [-0.25, -0.2) is 0 Å². The number of nitrogens with zero attached hydrogens (tertiary/aromatic N) is 1. The highest BCUT2D eigenvalue weighted by atomic mass is 16.1. The monoisotopic (exact) mass is 320 g/mol. The molecule has 124 valence electrons. The minimum absolute atomic E-state index is 0.0638. The number of benzene rings is 2. The lowest BCUT2D eigenvalue weighted by Crippen LogP contribution is -2.19. The molecular formula is C21H24N2O. The van der Waals surface area contributed by atoms with Crippen LogP contribution in [0.3, 0.4) is 0 Å². The van der Waals surface area contributed by atoms with Crippen LogP contribution in [0.4, 0.5) is 11.4 Å². The van der Waals surface area contributed by atoms with Crippen molar-refractivity contribution < 1.29 is 4.79 Å². The fourth-order valence-electron chi connectivity index (χ4n) is 3.98. The fraction of sp³-hybridized carbons (Fsp3) is 0.381. The third-order valence-corrected chi connectivity index (χ3v) is 5.27. The van der Waals surface area contributed by atoms with Crippen LogP contribution in [0, 0.1) is 0 Å². The summed E-state index contributed by atoms with van der Waals surface area (Å²) < 4.78 is 0. The zero-order valence-electron chi connectivity index (χ0n) is 14.3. The molecule has 0 spiro atoms. The molecule has 0 aromatic heterocycles. The second-order valence-electron chi connectivity index (χ2n) is 6.85. The Morgan fingerprint density at radius 3 is 2.75 bits per heavy atom. The number of hydrogen-bond donors (Lipinski definition) is 1. The summed E-state index contributed by atoms with van der Waals surface area (Å²) in [6, 6.07) is 12.8. The molecule has 0 atom stereocenters. The number of amides is 1. The number of hydrogen-bond acceptors (Lipinski definition) is 2. The van der Waals surface area contributed by atoms with Crippen molar-refractivity contribution in [2.75, 3.05) is 23.3 Å². The van der Waals surface area contributed by atoms with Gasteiger partial charge in [0.2, 0.25) is 5.91 Å². The number of nitrogens with one attached hydrogen (secondary N) is 1. The number of aryl methyl sites for hydroxylation is 2. The topological polar surface area (TPSA) is 32.3 Å². The number of carbonyl (C=O) groups excluding carboxylic acids is 1. The summed E-state index contributed by atoms with van der Waals surface area (Å²) in [6.45, 7) is 4.27. The van der Waals surface area contributed by atoms with Crippen LogP contribution < -0.4 is 10.2 Å². The summed E-state index contributed by atoms with van der Waals surface area (Å²) in [5.41, 5.74) is 7.56. The Balaban J connectivity index is 1.45. The molecule has 1 aliphatic carbocycles. The van der Waals surface area contributed by atoms with Gasteiger partial charge in [0.25, 0.3) is 0 Å². The summed E-state index contributed by atoms with van der Waals surface area (Å²) in [5, 5.41) is 3.07. The molecule has 1 amide bonds. The van der Waals surface area contributed by atoms with E-state index in [4.69, 9.17) is 0 Å². The van der Waals surface area contributed by atoms with Gasteiger partial charge in [-0.15, -0.1) is 0 Å². The molecule has 0 radical (unpaired) electrons. The number of fused-ring (bicyclic) bond motifs is 2. The van der Waals surface area contributed by atoms with Gasteiger partial charge in [-0.05, 0) is 67.0 Å². The SMILES string of the molecule is CCN1CCc2ccc(NC(=O)Cc3ccc4c(c3)CCC4)cc21. The van der Waals surface area contributed by atoms with Gasteiger partial charge in [0, 0.05) is 24.5 Å². The molecule has 4 rings (SSSR count). The highest BCUT2D eigenvalue weighted by molar-refractivity contribution is 5.93. The van der Waals surface area contributed by atoms with Crippen molar-refractivity contribution in [2.24, 2.45) is 0 Å². The van der Waals surface area contributed by atoms with Crippen molar-refractivity contribution in [3.8, 4) is 0 Å². The molecule has 2 aromatic rings. The Morgan fingerprint density at radius 2 is 1.88 bits per heavy atom. The summed E-state index contributed by atoms with van der Waals surface area (Å²) in [7, 11) is 0. The molecule has 24 heavy (non-hydrogen) atoms. The lowest BCUT2D eigenvalue weighted by molar-refractivity contribution is -0.115. The van der Waals surface area contributed by atoms with E-state index in [0.29, 0.717) is 6.42 Å².